The van der Waals surface area contributed by atoms with Crippen molar-refractivity contribution in [3.05, 3.63) is 23.7 Å². The van der Waals surface area contributed by atoms with Crippen molar-refractivity contribution in [3.63, 3.8) is 0 Å². The van der Waals surface area contributed by atoms with Gasteiger partial charge in [0.05, 0.1) is 11.8 Å². The third kappa shape index (κ3) is 2.69. The van der Waals surface area contributed by atoms with Gasteiger partial charge in [0.2, 0.25) is 10.9 Å². The van der Waals surface area contributed by atoms with Gasteiger partial charge < -0.3 is 9.52 Å². The third-order valence-electron chi connectivity index (χ3n) is 3.35. The zero-order valence-corrected chi connectivity index (χ0v) is 11.5. The maximum Gasteiger partial charge on any atom is 0.371 e. The predicted molar refractivity (Wildman–Crippen MR) is 70.6 cm³/mol. The Labute approximate surface area is 119 Å². The van der Waals surface area contributed by atoms with Crippen LogP contribution in [0.25, 0.3) is 0 Å². The van der Waals surface area contributed by atoms with Crippen molar-refractivity contribution in [1.29, 1.82) is 0 Å². The number of nitrogens with zero attached hydrogens (tertiary/aromatic N) is 4. The number of furan rings is 1. The molecule has 0 bridgehead atoms. The minimum Gasteiger partial charge on any atom is -0.475 e. The molecule has 7 nitrogen and oxygen atoms in total. The number of hydrogen-bond acceptors (Lipinski definition) is 6. The summed E-state index contributed by atoms with van der Waals surface area (Å²) < 4.78 is 7.08. The molecular weight excluding hydrogens is 280 g/mol. The molecule has 1 aliphatic carbocycles. The highest BCUT2D eigenvalue weighted by Gasteiger charge is 2.21. The van der Waals surface area contributed by atoms with E-state index in [0.29, 0.717) is 17.6 Å². The predicted octanol–water partition coefficient (Wildman–Crippen LogP) is 2.37. The first-order valence-corrected chi connectivity index (χ1v) is 7.45. The molecule has 0 radical (unpaired) electrons. The minimum atomic E-state index is -1.06. The third-order valence-corrected chi connectivity index (χ3v) is 4.30. The van der Waals surface area contributed by atoms with Gasteiger partial charge in [0.1, 0.15) is 5.76 Å². The van der Waals surface area contributed by atoms with E-state index in [9.17, 15) is 4.79 Å². The number of thioether (sulfide) groups is 1. The second kappa shape index (κ2) is 5.66. The maximum atomic E-state index is 10.7. The average Bonchev–Trinajstić information content (AvgIpc) is 3.17. The van der Waals surface area contributed by atoms with Gasteiger partial charge in [0, 0.05) is 0 Å². The standard InChI is InChI=1S/C12H14N4O3S/c17-11(18)10-6-5-9(19-10)7-20-12-13-14-15-16(12)8-3-1-2-4-8/h5-6,8H,1-4,7H2,(H,17,18). The number of carboxylic acids is 1. The van der Waals surface area contributed by atoms with E-state index in [1.165, 1.54) is 30.7 Å². The second-order valence-corrected chi connectivity index (χ2v) is 5.65. The van der Waals surface area contributed by atoms with Crippen LogP contribution in [0.5, 0.6) is 0 Å². The van der Waals surface area contributed by atoms with E-state index in [1.807, 2.05) is 4.68 Å². The molecule has 0 saturated heterocycles. The zero-order chi connectivity index (χ0) is 13.9. The molecule has 0 aromatic carbocycles. The van der Waals surface area contributed by atoms with Crippen LogP contribution in [0.2, 0.25) is 0 Å². The van der Waals surface area contributed by atoms with Crippen molar-refractivity contribution in [2.75, 3.05) is 0 Å². The summed E-state index contributed by atoms with van der Waals surface area (Å²) in [4.78, 5) is 10.7. The summed E-state index contributed by atoms with van der Waals surface area (Å²) in [5.74, 6) is 0.0156. The summed E-state index contributed by atoms with van der Waals surface area (Å²) in [6.45, 7) is 0. The number of rotatable bonds is 5. The fourth-order valence-corrected chi connectivity index (χ4v) is 3.20. The van der Waals surface area contributed by atoms with Crippen molar-refractivity contribution >= 4 is 17.7 Å². The number of tetrazole rings is 1. The van der Waals surface area contributed by atoms with Crippen molar-refractivity contribution in [2.24, 2.45) is 0 Å². The highest BCUT2D eigenvalue weighted by molar-refractivity contribution is 7.98. The first-order chi connectivity index (χ1) is 9.74. The summed E-state index contributed by atoms with van der Waals surface area (Å²) in [6, 6.07) is 3.51. The average molecular weight is 294 g/mol. The lowest BCUT2D eigenvalue weighted by Crippen LogP contribution is -2.08. The van der Waals surface area contributed by atoms with Gasteiger partial charge in [-0.3, -0.25) is 0 Å². The molecule has 20 heavy (non-hydrogen) atoms. The van der Waals surface area contributed by atoms with Crippen LogP contribution in [0.15, 0.2) is 21.7 Å². The smallest absolute Gasteiger partial charge is 0.371 e. The molecule has 1 fully saturated rings. The van der Waals surface area contributed by atoms with Crippen LogP contribution in [-0.2, 0) is 5.75 Å². The fourth-order valence-electron chi connectivity index (χ4n) is 2.36. The number of aromatic nitrogens is 4. The Balaban J connectivity index is 1.66. The van der Waals surface area contributed by atoms with Crippen LogP contribution < -0.4 is 0 Å². The van der Waals surface area contributed by atoms with Gasteiger partial charge >= 0.3 is 5.97 Å². The Kier molecular flexibility index (Phi) is 3.72. The quantitative estimate of drug-likeness (QED) is 0.846. The summed E-state index contributed by atoms with van der Waals surface area (Å²) in [5, 5.41) is 21.4. The van der Waals surface area contributed by atoms with Crippen LogP contribution in [0.4, 0.5) is 0 Å². The lowest BCUT2D eigenvalue weighted by atomic mass is 10.3. The zero-order valence-electron chi connectivity index (χ0n) is 10.7. The molecular formula is C12H14N4O3S. The Bertz CT molecular complexity index is 603. The van der Waals surface area contributed by atoms with Gasteiger partial charge in [-0.1, -0.05) is 24.6 Å². The van der Waals surface area contributed by atoms with Crippen LogP contribution in [0, 0.1) is 0 Å². The Morgan fingerprint density at radius 3 is 2.95 bits per heavy atom. The topological polar surface area (TPSA) is 94.0 Å². The molecule has 0 amide bonds. The van der Waals surface area contributed by atoms with Crippen molar-refractivity contribution in [3.8, 4) is 0 Å². The summed E-state index contributed by atoms with van der Waals surface area (Å²) in [5.41, 5.74) is 0. The Morgan fingerprint density at radius 1 is 1.45 bits per heavy atom. The highest BCUT2D eigenvalue weighted by Crippen LogP contribution is 2.32. The number of carbonyl (C=O) groups is 1. The summed E-state index contributed by atoms with van der Waals surface area (Å²) in [7, 11) is 0. The fraction of sp³-hybridized carbons (Fsp3) is 0.500. The van der Waals surface area contributed by atoms with E-state index < -0.39 is 5.97 Å². The van der Waals surface area contributed by atoms with E-state index in [2.05, 4.69) is 15.5 Å². The van der Waals surface area contributed by atoms with Crippen LogP contribution in [0.1, 0.15) is 48.0 Å². The molecule has 0 spiro atoms. The SMILES string of the molecule is O=C(O)c1ccc(CSc2nnnn2C2CCCC2)o1. The van der Waals surface area contributed by atoms with E-state index in [1.54, 1.807) is 6.07 Å². The number of hydrogen-bond donors (Lipinski definition) is 1. The van der Waals surface area contributed by atoms with E-state index in [-0.39, 0.29) is 5.76 Å². The van der Waals surface area contributed by atoms with Gasteiger partial charge in [-0.2, -0.15) is 0 Å². The maximum absolute atomic E-state index is 10.7. The number of aromatic carboxylic acids is 1. The lowest BCUT2D eigenvalue weighted by molar-refractivity contribution is 0.0661. The molecule has 106 valence electrons. The first-order valence-electron chi connectivity index (χ1n) is 6.46. The molecule has 0 aliphatic heterocycles. The van der Waals surface area contributed by atoms with Gasteiger partial charge in [-0.25, -0.2) is 9.48 Å². The molecule has 2 aromatic rings. The molecule has 1 N–H and O–H groups in total. The highest BCUT2D eigenvalue weighted by atomic mass is 32.2. The molecule has 8 heteroatoms. The lowest BCUT2D eigenvalue weighted by Gasteiger charge is -2.10. The monoisotopic (exact) mass is 294 g/mol. The van der Waals surface area contributed by atoms with Gasteiger partial charge in [-0.05, 0) is 35.4 Å². The Morgan fingerprint density at radius 2 is 2.25 bits per heavy atom. The largest absolute Gasteiger partial charge is 0.475 e. The summed E-state index contributed by atoms with van der Waals surface area (Å²) in [6.07, 6.45) is 4.66. The van der Waals surface area contributed by atoms with Gasteiger partial charge in [0.25, 0.3) is 0 Å². The van der Waals surface area contributed by atoms with E-state index in [4.69, 9.17) is 9.52 Å². The van der Waals surface area contributed by atoms with Gasteiger partial charge in [-0.15, -0.1) is 5.10 Å². The Hall–Kier alpha value is -1.83. The number of carboxylic acid groups (broad SMARTS) is 1. The normalized spacial score (nSPS) is 15.8. The van der Waals surface area contributed by atoms with Crippen LogP contribution in [0.3, 0.4) is 0 Å². The molecule has 0 atom stereocenters. The van der Waals surface area contributed by atoms with Crippen molar-refractivity contribution in [2.45, 2.75) is 42.6 Å². The molecule has 1 saturated carbocycles. The van der Waals surface area contributed by atoms with Crippen LogP contribution in [-0.4, -0.2) is 31.3 Å². The van der Waals surface area contributed by atoms with Crippen LogP contribution >= 0.6 is 11.8 Å². The molecule has 2 heterocycles. The van der Waals surface area contributed by atoms with Crippen molar-refractivity contribution < 1.29 is 14.3 Å². The molecule has 0 unspecified atom stereocenters. The van der Waals surface area contributed by atoms with E-state index >= 15 is 0 Å². The summed E-state index contributed by atoms with van der Waals surface area (Å²) >= 11 is 1.46. The minimum absolute atomic E-state index is 0.0454. The second-order valence-electron chi connectivity index (χ2n) is 4.70. The van der Waals surface area contributed by atoms with E-state index in [0.717, 1.165) is 18.0 Å². The first kappa shape index (κ1) is 13.2. The van der Waals surface area contributed by atoms with Gasteiger partial charge in [0.15, 0.2) is 0 Å². The molecule has 3 rings (SSSR count). The molecule has 1 aliphatic rings. The van der Waals surface area contributed by atoms with Crippen molar-refractivity contribution in [1.82, 2.24) is 20.2 Å². The molecule has 2 aromatic heterocycles.